The molecule has 0 bridgehead atoms. The molecule has 2 atom stereocenters. The third kappa shape index (κ3) is 1.86. The number of nitrogens with two attached hydrogens (primary N) is 1. The second-order valence-corrected chi connectivity index (χ2v) is 4.29. The molecule has 1 fully saturated rings. The van der Waals surface area contributed by atoms with Crippen molar-refractivity contribution in [3.8, 4) is 0 Å². The van der Waals surface area contributed by atoms with Gasteiger partial charge in [0, 0.05) is 25.2 Å². The van der Waals surface area contributed by atoms with Crippen LogP contribution in [0.1, 0.15) is 6.92 Å². The lowest BCUT2D eigenvalue weighted by molar-refractivity contribution is -0.384. The van der Waals surface area contributed by atoms with Crippen LogP contribution in [0.25, 0.3) is 0 Å². The van der Waals surface area contributed by atoms with E-state index in [0.29, 0.717) is 18.2 Å². The first kappa shape index (κ1) is 10.9. The van der Waals surface area contributed by atoms with E-state index in [2.05, 4.69) is 6.92 Å². The quantitative estimate of drug-likeness (QED) is 0.605. The van der Waals surface area contributed by atoms with E-state index in [-0.39, 0.29) is 16.7 Å². The molecule has 0 aliphatic carbocycles. The van der Waals surface area contributed by atoms with E-state index < -0.39 is 0 Å². The zero-order valence-corrected chi connectivity index (χ0v) is 9.17. The van der Waals surface area contributed by atoms with Gasteiger partial charge >= 0.3 is 0 Å². The van der Waals surface area contributed by atoms with E-state index in [0.717, 1.165) is 6.54 Å². The number of nitrogens with zero attached hydrogens (tertiary/aromatic N) is 2. The smallest absolute Gasteiger partial charge is 0.292 e. The van der Waals surface area contributed by atoms with Crippen LogP contribution < -0.4 is 10.6 Å². The molecule has 1 heterocycles. The van der Waals surface area contributed by atoms with Crippen LogP contribution in [0.4, 0.5) is 11.4 Å². The van der Waals surface area contributed by atoms with Gasteiger partial charge in [-0.15, -0.1) is 0 Å². The van der Waals surface area contributed by atoms with Gasteiger partial charge in [0.1, 0.15) is 5.69 Å². The highest BCUT2D eigenvalue weighted by molar-refractivity contribution is 5.63. The van der Waals surface area contributed by atoms with Crippen molar-refractivity contribution < 1.29 is 4.92 Å². The maximum absolute atomic E-state index is 10.9. The van der Waals surface area contributed by atoms with Crippen molar-refractivity contribution >= 4 is 11.4 Å². The molecule has 16 heavy (non-hydrogen) atoms. The Morgan fingerprint density at radius 1 is 1.44 bits per heavy atom. The molecule has 2 rings (SSSR count). The normalized spacial score (nSPS) is 24.8. The van der Waals surface area contributed by atoms with E-state index in [1.54, 1.807) is 12.1 Å². The molecule has 0 saturated carbocycles. The first-order valence-corrected chi connectivity index (χ1v) is 5.33. The number of para-hydroxylation sites is 2. The summed E-state index contributed by atoms with van der Waals surface area (Å²) in [5.41, 5.74) is 6.75. The molecule has 86 valence electrons. The zero-order valence-electron chi connectivity index (χ0n) is 9.17. The zero-order chi connectivity index (χ0) is 11.7. The van der Waals surface area contributed by atoms with E-state index in [1.807, 2.05) is 11.0 Å². The van der Waals surface area contributed by atoms with E-state index in [9.17, 15) is 10.1 Å². The Hall–Kier alpha value is -1.62. The molecule has 1 aromatic rings. The number of hydrogen-bond donors (Lipinski definition) is 1. The van der Waals surface area contributed by atoms with Crippen LogP contribution >= 0.6 is 0 Å². The second kappa shape index (κ2) is 4.09. The van der Waals surface area contributed by atoms with Gasteiger partial charge in [0.05, 0.1) is 4.92 Å². The highest BCUT2D eigenvalue weighted by Gasteiger charge is 2.30. The van der Waals surface area contributed by atoms with E-state index in [1.165, 1.54) is 6.07 Å². The third-order valence-corrected chi connectivity index (χ3v) is 3.09. The summed E-state index contributed by atoms with van der Waals surface area (Å²) in [6.45, 7) is 3.54. The first-order chi connectivity index (χ1) is 7.59. The van der Waals surface area contributed by atoms with Gasteiger partial charge in [-0.3, -0.25) is 10.1 Å². The summed E-state index contributed by atoms with van der Waals surface area (Å²) in [5, 5.41) is 10.9. The minimum absolute atomic E-state index is 0.0970. The standard InChI is InChI=1S/C11H15N3O2/c1-8-6-13(7-9(8)12)10-4-2-3-5-11(10)14(15)16/h2-5,8-9H,6-7,12H2,1H3. The van der Waals surface area contributed by atoms with Crippen molar-refractivity contribution in [1.82, 2.24) is 0 Å². The number of hydrogen-bond acceptors (Lipinski definition) is 4. The number of nitro groups is 1. The predicted molar refractivity (Wildman–Crippen MR) is 62.4 cm³/mol. The van der Waals surface area contributed by atoms with Crippen LogP contribution in [0.3, 0.4) is 0 Å². The molecule has 0 aromatic heterocycles. The largest absolute Gasteiger partial charge is 0.364 e. The Morgan fingerprint density at radius 3 is 2.69 bits per heavy atom. The van der Waals surface area contributed by atoms with Crippen molar-refractivity contribution in [2.75, 3.05) is 18.0 Å². The molecule has 0 radical (unpaired) electrons. The van der Waals surface area contributed by atoms with Gasteiger partial charge < -0.3 is 10.6 Å². The molecule has 1 saturated heterocycles. The molecule has 1 aliphatic heterocycles. The Morgan fingerprint density at radius 2 is 2.12 bits per heavy atom. The lowest BCUT2D eigenvalue weighted by atomic mass is 10.1. The van der Waals surface area contributed by atoms with Crippen molar-refractivity contribution in [3.63, 3.8) is 0 Å². The van der Waals surface area contributed by atoms with Gasteiger partial charge in [0.15, 0.2) is 0 Å². The topological polar surface area (TPSA) is 72.4 Å². The number of anilines is 1. The number of benzene rings is 1. The summed E-state index contributed by atoms with van der Waals surface area (Å²) in [6, 6.07) is 6.91. The Labute approximate surface area is 94.0 Å². The SMILES string of the molecule is CC1CN(c2ccccc2[N+](=O)[O-])CC1N. The monoisotopic (exact) mass is 221 g/mol. The van der Waals surface area contributed by atoms with Gasteiger partial charge in [-0.2, -0.15) is 0 Å². The summed E-state index contributed by atoms with van der Waals surface area (Å²) < 4.78 is 0. The highest BCUT2D eigenvalue weighted by atomic mass is 16.6. The molecule has 0 amide bonds. The van der Waals surface area contributed by atoms with Crippen molar-refractivity contribution in [3.05, 3.63) is 34.4 Å². The summed E-state index contributed by atoms with van der Waals surface area (Å²) in [6.07, 6.45) is 0. The van der Waals surface area contributed by atoms with Crippen molar-refractivity contribution in [2.45, 2.75) is 13.0 Å². The summed E-state index contributed by atoms with van der Waals surface area (Å²) >= 11 is 0. The van der Waals surface area contributed by atoms with Gasteiger partial charge in [-0.25, -0.2) is 0 Å². The molecule has 2 unspecified atom stereocenters. The highest BCUT2D eigenvalue weighted by Crippen LogP contribution is 2.31. The predicted octanol–water partition coefficient (Wildman–Crippen LogP) is 1.38. The lowest BCUT2D eigenvalue weighted by Gasteiger charge is -2.17. The molecular formula is C11H15N3O2. The minimum atomic E-state index is -0.343. The van der Waals surface area contributed by atoms with Crippen LogP contribution in [-0.2, 0) is 0 Å². The molecule has 2 N–H and O–H groups in total. The van der Waals surface area contributed by atoms with Crippen LogP contribution in [0.2, 0.25) is 0 Å². The van der Waals surface area contributed by atoms with Crippen LogP contribution in [-0.4, -0.2) is 24.1 Å². The Balaban J connectivity index is 2.31. The summed E-state index contributed by atoms with van der Waals surface area (Å²) in [4.78, 5) is 12.5. The molecule has 5 nitrogen and oxygen atoms in total. The molecule has 1 aliphatic rings. The molecule has 0 spiro atoms. The molecule has 5 heteroatoms. The maximum Gasteiger partial charge on any atom is 0.292 e. The fraction of sp³-hybridized carbons (Fsp3) is 0.455. The average molecular weight is 221 g/mol. The fourth-order valence-electron chi connectivity index (χ4n) is 2.07. The lowest BCUT2D eigenvalue weighted by Crippen LogP contribution is -2.28. The Kier molecular flexibility index (Phi) is 2.78. The summed E-state index contributed by atoms with van der Waals surface area (Å²) in [5.74, 6) is 0.375. The Bertz CT molecular complexity index is 398. The first-order valence-electron chi connectivity index (χ1n) is 5.33. The molecular weight excluding hydrogens is 206 g/mol. The molecule has 1 aromatic carbocycles. The van der Waals surface area contributed by atoms with Crippen LogP contribution in [0.5, 0.6) is 0 Å². The van der Waals surface area contributed by atoms with Gasteiger partial charge in [0.2, 0.25) is 0 Å². The number of rotatable bonds is 2. The van der Waals surface area contributed by atoms with Gasteiger partial charge in [0.25, 0.3) is 5.69 Å². The van der Waals surface area contributed by atoms with E-state index in [4.69, 9.17) is 5.73 Å². The minimum Gasteiger partial charge on any atom is -0.364 e. The average Bonchev–Trinajstić information content (AvgIpc) is 2.59. The van der Waals surface area contributed by atoms with Gasteiger partial charge in [-0.05, 0) is 12.0 Å². The second-order valence-electron chi connectivity index (χ2n) is 4.29. The van der Waals surface area contributed by atoms with Crippen molar-refractivity contribution in [2.24, 2.45) is 11.7 Å². The van der Waals surface area contributed by atoms with Crippen LogP contribution in [0.15, 0.2) is 24.3 Å². The van der Waals surface area contributed by atoms with Crippen molar-refractivity contribution in [1.29, 1.82) is 0 Å². The summed E-state index contributed by atoms with van der Waals surface area (Å²) in [7, 11) is 0. The third-order valence-electron chi connectivity index (χ3n) is 3.09. The fourth-order valence-corrected chi connectivity index (χ4v) is 2.07. The van der Waals surface area contributed by atoms with Gasteiger partial charge in [-0.1, -0.05) is 19.1 Å². The maximum atomic E-state index is 10.9. The van der Waals surface area contributed by atoms with Crippen LogP contribution in [0, 0.1) is 16.0 Å². The van der Waals surface area contributed by atoms with E-state index >= 15 is 0 Å². The number of nitro benzene ring substituents is 1.